The molecule has 0 spiro atoms. The predicted octanol–water partition coefficient (Wildman–Crippen LogP) is 3.11. The third-order valence-corrected chi connectivity index (χ3v) is 4.14. The molecule has 18 heavy (non-hydrogen) atoms. The van der Waals surface area contributed by atoms with Crippen LogP contribution in [0.2, 0.25) is 0 Å². The molecule has 1 amide bonds. The summed E-state index contributed by atoms with van der Waals surface area (Å²) >= 11 is 0. The standard InChI is InChI=1S/C15H24N2O/c1-12(2)10-17(13-6-7-13)14(18)15(11-16)8-4-3-5-9-15/h12-13H,3-10H2,1-2H3. The molecule has 0 unspecified atom stereocenters. The lowest BCUT2D eigenvalue weighted by atomic mass is 9.74. The first kappa shape index (κ1) is 13.4. The number of amides is 1. The molecule has 2 aliphatic carbocycles. The van der Waals surface area contributed by atoms with Gasteiger partial charge in [-0.25, -0.2) is 0 Å². The van der Waals surface area contributed by atoms with Crippen LogP contribution in [-0.2, 0) is 4.79 Å². The van der Waals surface area contributed by atoms with E-state index in [9.17, 15) is 10.1 Å². The Balaban J connectivity index is 2.13. The van der Waals surface area contributed by atoms with Gasteiger partial charge < -0.3 is 4.90 Å². The van der Waals surface area contributed by atoms with Crippen molar-refractivity contribution in [2.24, 2.45) is 11.3 Å². The second-order valence-electron chi connectivity index (χ2n) is 6.34. The molecule has 0 radical (unpaired) electrons. The number of hydrogen-bond donors (Lipinski definition) is 0. The number of rotatable bonds is 4. The molecule has 0 N–H and O–H groups in total. The molecule has 2 saturated carbocycles. The van der Waals surface area contributed by atoms with Gasteiger partial charge in [0.1, 0.15) is 5.41 Å². The largest absolute Gasteiger partial charge is 0.338 e. The third-order valence-electron chi connectivity index (χ3n) is 4.14. The summed E-state index contributed by atoms with van der Waals surface area (Å²) in [5.41, 5.74) is -0.699. The molecule has 0 aromatic heterocycles. The quantitative estimate of drug-likeness (QED) is 0.767. The van der Waals surface area contributed by atoms with Gasteiger partial charge in [0, 0.05) is 12.6 Å². The van der Waals surface area contributed by atoms with Crippen molar-refractivity contribution in [1.82, 2.24) is 4.90 Å². The van der Waals surface area contributed by atoms with Crippen LogP contribution in [0.5, 0.6) is 0 Å². The van der Waals surface area contributed by atoms with Crippen molar-refractivity contribution in [3.05, 3.63) is 0 Å². The van der Waals surface area contributed by atoms with Gasteiger partial charge in [-0.1, -0.05) is 33.1 Å². The molecule has 2 fully saturated rings. The summed E-state index contributed by atoms with van der Waals surface area (Å²) < 4.78 is 0. The molecule has 3 heteroatoms. The SMILES string of the molecule is CC(C)CN(C(=O)C1(C#N)CCCCC1)C1CC1. The van der Waals surface area contributed by atoms with Gasteiger partial charge in [-0.3, -0.25) is 4.79 Å². The Bertz CT molecular complexity index is 346. The Morgan fingerprint density at radius 2 is 1.94 bits per heavy atom. The summed E-state index contributed by atoms with van der Waals surface area (Å²) in [4.78, 5) is 14.8. The zero-order valence-corrected chi connectivity index (χ0v) is 11.6. The highest BCUT2D eigenvalue weighted by Gasteiger charge is 2.46. The van der Waals surface area contributed by atoms with E-state index in [4.69, 9.17) is 0 Å². The lowest BCUT2D eigenvalue weighted by Gasteiger charge is -2.35. The first-order chi connectivity index (χ1) is 8.59. The molecule has 0 atom stereocenters. The Morgan fingerprint density at radius 3 is 2.39 bits per heavy atom. The van der Waals surface area contributed by atoms with Crippen molar-refractivity contribution >= 4 is 5.91 Å². The van der Waals surface area contributed by atoms with Crippen LogP contribution in [-0.4, -0.2) is 23.4 Å². The normalized spacial score (nSPS) is 22.6. The fraction of sp³-hybridized carbons (Fsp3) is 0.867. The second kappa shape index (κ2) is 5.30. The van der Waals surface area contributed by atoms with E-state index in [-0.39, 0.29) is 5.91 Å². The van der Waals surface area contributed by atoms with Gasteiger partial charge in [0.15, 0.2) is 0 Å². The number of carbonyl (C=O) groups excluding carboxylic acids is 1. The Morgan fingerprint density at radius 1 is 1.33 bits per heavy atom. The summed E-state index contributed by atoms with van der Waals surface area (Å²) in [7, 11) is 0. The minimum atomic E-state index is -0.699. The smallest absolute Gasteiger partial charge is 0.243 e. The van der Waals surface area contributed by atoms with Crippen LogP contribution in [0, 0.1) is 22.7 Å². The van der Waals surface area contributed by atoms with E-state index in [1.807, 2.05) is 4.90 Å². The lowest BCUT2D eigenvalue weighted by molar-refractivity contribution is -0.141. The van der Waals surface area contributed by atoms with Gasteiger partial charge >= 0.3 is 0 Å². The molecule has 0 heterocycles. The van der Waals surface area contributed by atoms with Crippen LogP contribution >= 0.6 is 0 Å². The van der Waals surface area contributed by atoms with Crippen molar-refractivity contribution in [3.8, 4) is 6.07 Å². The summed E-state index contributed by atoms with van der Waals surface area (Å²) in [6, 6.07) is 2.79. The first-order valence-corrected chi connectivity index (χ1v) is 7.31. The van der Waals surface area contributed by atoms with Crippen LogP contribution in [0.1, 0.15) is 58.8 Å². The topological polar surface area (TPSA) is 44.1 Å². The van der Waals surface area contributed by atoms with E-state index >= 15 is 0 Å². The maximum absolute atomic E-state index is 12.8. The molecule has 2 aliphatic rings. The van der Waals surface area contributed by atoms with Gasteiger partial charge in [0.25, 0.3) is 0 Å². The first-order valence-electron chi connectivity index (χ1n) is 7.31. The van der Waals surface area contributed by atoms with E-state index in [0.29, 0.717) is 12.0 Å². The molecular formula is C15H24N2O. The summed E-state index contributed by atoms with van der Waals surface area (Å²) in [6.45, 7) is 5.10. The molecule has 0 aromatic carbocycles. The third kappa shape index (κ3) is 2.68. The van der Waals surface area contributed by atoms with Gasteiger partial charge in [-0.15, -0.1) is 0 Å². The highest BCUT2D eigenvalue weighted by Crippen LogP contribution is 2.40. The highest BCUT2D eigenvalue weighted by molar-refractivity contribution is 5.86. The summed E-state index contributed by atoms with van der Waals surface area (Å²) in [5.74, 6) is 0.606. The maximum Gasteiger partial charge on any atom is 0.243 e. The number of nitrogens with zero attached hydrogens (tertiary/aromatic N) is 2. The Kier molecular flexibility index (Phi) is 3.94. The maximum atomic E-state index is 12.8. The number of hydrogen-bond acceptors (Lipinski definition) is 2. The van der Waals surface area contributed by atoms with E-state index in [0.717, 1.165) is 45.1 Å². The minimum absolute atomic E-state index is 0.126. The summed E-state index contributed by atoms with van der Waals surface area (Å²) in [6.07, 6.45) is 7.01. The molecule has 100 valence electrons. The van der Waals surface area contributed by atoms with Crippen LogP contribution in [0.25, 0.3) is 0 Å². The lowest BCUT2D eigenvalue weighted by Crippen LogP contribution is -2.46. The van der Waals surface area contributed by atoms with Gasteiger partial charge in [-0.2, -0.15) is 5.26 Å². The second-order valence-corrected chi connectivity index (χ2v) is 6.34. The van der Waals surface area contributed by atoms with Gasteiger partial charge in [-0.05, 0) is 31.6 Å². The fourth-order valence-electron chi connectivity index (χ4n) is 2.98. The van der Waals surface area contributed by atoms with E-state index in [1.54, 1.807) is 0 Å². The van der Waals surface area contributed by atoms with Crippen molar-refractivity contribution in [1.29, 1.82) is 5.26 Å². The number of nitriles is 1. The molecule has 0 saturated heterocycles. The van der Waals surface area contributed by atoms with Crippen molar-refractivity contribution in [2.75, 3.05) is 6.54 Å². The predicted molar refractivity (Wildman–Crippen MR) is 70.7 cm³/mol. The van der Waals surface area contributed by atoms with Crippen LogP contribution < -0.4 is 0 Å². The van der Waals surface area contributed by atoms with E-state index in [1.165, 1.54) is 6.42 Å². The molecule has 0 aromatic rings. The van der Waals surface area contributed by atoms with Crippen LogP contribution in [0.15, 0.2) is 0 Å². The van der Waals surface area contributed by atoms with Crippen molar-refractivity contribution in [3.63, 3.8) is 0 Å². The van der Waals surface area contributed by atoms with Crippen LogP contribution in [0.3, 0.4) is 0 Å². The molecule has 0 aliphatic heterocycles. The fourth-order valence-corrected chi connectivity index (χ4v) is 2.98. The molecule has 2 rings (SSSR count). The molecule has 0 bridgehead atoms. The summed E-state index contributed by atoms with van der Waals surface area (Å²) in [5, 5.41) is 9.50. The van der Waals surface area contributed by atoms with Crippen LogP contribution in [0.4, 0.5) is 0 Å². The Labute approximate surface area is 110 Å². The van der Waals surface area contributed by atoms with Gasteiger partial charge in [0.2, 0.25) is 5.91 Å². The van der Waals surface area contributed by atoms with E-state index < -0.39 is 5.41 Å². The van der Waals surface area contributed by atoms with Crippen molar-refractivity contribution < 1.29 is 4.79 Å². The molecule has 3 nitrogen and oxygen atoms in total. The molecular weight excluding hydrogens is 224 g/mol. The zero-order chi connectivity index (χ0) is 13.2. The zero-order valence-electron chi connectivity index (χ0n) is 11.6. The van der Waals surface area contributed by atoms with E-state index in [2.05, 4.69) is 19.9 Å². The average Bonchev–Trinajstić information content (AvgIpc) is 3.20. The highest BCUT2D eigenvalue weighted by atomic mass is 16.2. The Hall–Kier alpha value is -1.04. The van der Waals surface area contributed by atoms with Gasteiger partial charge in [0.05, 0.1) is 6.07 Å². The monoisotopic (exact) mass is 248 g/mol. The van der Waals surface area contributed by atoms with Crippen molar-refractivity contribution in [2.45, 2.75) is 64.8 Å². The number of carbonyl (C=O) groups is 1. The minimum Gasteiger partial charge on any atom is -0.338 e. The average molecular weight is 248 g/mol.